The molecule has 5 heterocycles. The number of piperidine rings is 1. The lowest BCUT2D eigenvalue weighted by molar-refractivity contribution is -0.187. The van der Waals surface area contributed by atoms with Gasteiger partial charge in [0.25, 0.3) is 5.91 Å². The zero-order valence-corrected chi connectivity index (χ0v) is 18.7. The van der Waals surface area contributed by atoms with Crippen LogP contribution in [0.15, 0.2) is 52.2 Å². The number of rotatable bonds is 4. The van der Waals surface area contributed by atoms with Gasteiger partial charge in [-0.1, -0.05) is 35.5 Å². The van der Waals surface area contributed by atoms with Crippen molar-refractivity contribution >= 4 is 29.3 Å². The fraction of sp³-hybridized carbons (Fsp3) is 0.409. The maximum absolute atomic E-state index is 13.5. The van der Waals surface area contributed by atoms with Crippen molar-refractivity contribution in [2.75, 3.05) is 26.3 Å². The lowest BCUT2D eigenvalue weighted by Gasteiger charge is -2.42. The van der Waals surface area contributed by atoms with E-state index in [1.807, 2.05) is 24.3 Å². The van der Waals surface area contributed by atoms with Gasteiger partial charge in [-0.05, 0) is 29.8 Å². The minimum Gasteiger partial charge on any atom is -0.461 e. The third kappa shape index (κ3) is 3.48. The Labute approximate surface area is 193 Å². The fourth-order valence-electron chi connectivity index (χ4n) is 4.71. The molecule has 6 rings (SSSR count). The maximum atomic E-state index is 13.5. The van der Waals surface area contributed by atoms with Crippen molar-refractivity contribution in [1.82, 2.24) is 19.7 Å². The molecule has 2 unspecified atom stereocenters. The average Bonchev–Trinajstić information content (AvgIpc) is 3.58. The van der Waals surface area contributed by atoms with Crippen molar-refractivity contribution in [3.05, 3.63) is 53.2 Å². The molecule has 1 spiro atoms. The van der Waals surface area contributed by atoms with Crippen molar-refractivity contribution < 1.29 is 18.7 Å². The number of thioether (sulfide) groups is 1. The number of hydrogen-bond acceptors (Lipinski definition) is 8. The van der Waals surface area contributed by atoms with Gasteiger partial charge in [0.2, 0.25) is 5.82 Å². The average molecular weight is 473 g/mol. The standard InChI is InChI=1S/C22H21ClN4O4S/c23-15-4-1-3-14(13-15)17(26-8-6-22(7-9-26)30-11-12-31-22)18-20(28)27-21(32-18)24-19(25-27)16-5-2-10-29-16/h1-5,10,13,17-18H,6-9,11-12H2. The summed E-state index contributed by atoms with van der Waals surface area (Å²) >= 11 is 7.76. The normalized spacial score (nSPS) is 23.7. The molecule has 166 valence electrons. The molecule has 0 saturated carbocycles. The summed E-state index contributed by atoms with van der Waals surface area (Å²) in [4.78, 5) is 20.3. The smallest absolute Gasteiger partial charge is 0.264 e. The van der Waals surface area contributed by atoms with Gasteiger partial charge in [-0.15, -0.1) is 5.10 Å². The highest BCUT2D eigenvalue weighted by Crippen LogP contribution is 2.44. The molecule has 2 saturated heterocycles. The number of nitrogens with zero attached hydrogens (tertiary/aromatic N) is 4. The Kier molecular flexibility index (Phi) is 5.11. The van der Waals surface area contributed by atoms with Crippen LogP contribution in [0.3, 0.4) is 0 Å². The van der Waals surface area contributed by atoms with E-state index < -0.39 is 5.79 Å². The second-order valence-corrected chi connectivity index (χ2v) is 9.67. The first-order chi connectivity index (χ1) is 15.6. The molecule has 32 heavy (non-hydrogen) atoms. The minimum absolute atomic E-state index is 0.0889. The first-order valence-electron chi connectivity index (χ1n) is 10.6. The summed E-state index contributed by atoms with van der Waals surface area (Å²) in [5.41, 5.74) is 1.00. The van der Waals surface area contributed by atoms with Crippen LogP contribution in [0.1, 0.15) is 29.2 Å². The Morgan fingerprint density at radius 1 is 1.16 bits per heavy atom. The molecule has 3 aromatic rings. The third-order valence-electron chi connectivity index (χ3n) is 6.25. The molecular weight excluding hydrogens is 452 g/mol. The summed E-state index contributed by atoms with van der Waals surface area (Å²) in [5.74, 6) is 0.392. The highest BCUT2D eigenvalue weighted by atomic mass is 35.5. The number of furan rings is 1. The van der Waals surface area contributed by atoms with E-state index in [2.05, 4.69) is 15.0 Å². The second-order valence-electron chi connectivity index (χ2n) is 8.13. The number of carbonyl (C=O) groups is 1. The van der Waals surface area contributed by atoms with Crippen LogP contribution >= 0.6 is 23.4 Å². The van der Waals surface area contributed by atoms with Crippen LogP contribution in [0.4, 0.5) is 0 Å². The predicted molar refractivity (Wildman–Crippen MR) is 118 cm³/mol. The lowest BCUT2D eigenvalue weighted by Crippen LogP contribution is -2.49. The molecule has 0 radical (unpaired) electrons. The lowest BCUT2D eigenvalue weighted by atomic mass is 9.96. The number of carbonyl (C=O) groups excluding carboxylic acids is 1. The first kappa shape index (κ1) is 20.4. The first-order valence-corrected chi connectivity index (χ1v) is 11.9. The predicted octanol–water partition coefficient (Wildman–Crippen LogP) is 3.89. The molecule has 2 fully saturated rings. The number of halogens is 1. The van der Waals surface area contributed by atoms with E-state index in [0.717, 1.165) is 31.5 Å². The van der Waals surface area contributed by atoms with E-state index in [1.54, 1.807) is 18.4 Å². The Bertz CT molecular complexity index is 1130. The largest absolute Gasteiger partial charge is 0.461 e. The van der Waals surface area contributed by atoms with E-state index in [0.29, 0.717) is 35.0 Å². The van der Waals surface area contributed by atoms with E-state index in [-0.39, 0.29) is 17.2 Å². The molecular formula is C22H21ClN4O4S. The van der Waals surface area contributed by atoms with Gasteiger partial charge >= 0.3 is 0 Å². The van der Waals surface area contributed by atoms with Gasteiger partial charge in [-0.25, -0.2) is 0 Å². The van der Waals surface area contributed by atoms with Gasteiger partial charge in [0, 0.05) is 31.0 Å². The minimum atomic E-state index is -0.478. The van der Waals surface area contributed by atoms with Crippen LogP contribution in [0.5, 0.6) is 0 Å². The van der Waals surface area contributed by atoms with Crippen LogP contribution in [0.25, 0.3) is 11.6 Å². The quantitative estimate of drug-likeness (QED) is 0.565. The zero-order chi connectivity index (χ0) is 21.7. The fourth-order valence-corrected chi connectivity index (χ4v) is 6.16. The number of aromatic nitrogens is 3. The highest BCUT2D eigenvalue weighted by molar-refractivity contribution is 8.00. The monoisotopic (exact) mass is 472 g/mol. The van der Waals surface area contributed by atoms with Crippen LogP contribution < -0.4 is 0 Å². The summed E-state index contributed by atoms with van der Waals surface area (Å²) in [6, 6.07) is 11.1. The number of benzene rings is 1. The highest BCUT2D eigenvalue weighted by Gasteiger charge is 2.47. The molecule has 8 nitrogen and oxygen atoms in total. The van der Waals surface area contributed by atoms with Crippen LogP contribution in [-0.4, -0.2) is 62.9 Å². The number of likely N-dealkylation sites (tertiary alicyclic amines) is 1. The summed E-state index contributed by atoms with van der Waals surface area (Å²) in [6.07, 6.45) is 3.09. The molecule has 3 aliphatic heterocycles. The Hall–Kier alpha value is -2.17. The van der Waals surface area contributed by atoms with Crippen molar-refractivity contribution in [2.24, 2.45) is 0 Å². The van der Waals surface area contributed by atoms with E-state index in [1.165, 1.54) is 16.4 Å². The van der Waals surface area contributed by atoms with Crippen molar-refractivity contribution in [1.29, 1.82) is 0 Å². The third-order valence-corrected chi connectivity index (χ3v) is 7.67. The molecule has 0 amide bonds. The van der Waals surface area contributed by atoms with E-state index in [4.69, 9.17) is 25.5 Å². The van der Waals surface area contributed by atoms with Crippen LogP contribution in [0, 0.1) is 0 Å². The molecule has 0 N–H and O–H groups in total. The summed E-state index contributed by atoms with van der Waals surface area (Å²) in [6.45, 7) is 2.79. The maximum Gasteiger partial charge on any atom is 0.264 e. The number of fused-ring (bicyclic) bond motifs is 1. The van der Waals surface area contributed by atoms with Crippen molar-refractivity contribution in [2.45, 2.75) is 35.1 Å². The number of hydrogen-bond donors (Lipinski definition) is 0. The van der Waals surface area contributed by atoms with Crippen molar-refractivity contribution in [3.63, 3.8) is 0 Å². The van der Waals surface area contributed by atoms with Gasteiger partial charge in [0.05, 0.1) is 25.5 Å². The molecule has 10 heteroatoms. The van der Waals surface area contributed by atoms with Crippen LogP contribution in [-0.2, 0) is 9.47 Å². The summed E-state index contributed by atoms with van der Waals surface area (Å²) < 4.78 is 18.6. The van der Waals surface area contributed by atoms with Gasteiger partial charge in [-0.3, -0.25) is 9.69 Å². The summed E-state index contributed by atoms with van der Waals surface area (Å²) in [5, 5.41) is 5.26. The molecule has 3 aliphatic rings. The topological polar surface area (TPSA) is 82.6 Å². The van der Waals surface area contributed by atoms with E-state index in [9.17, 15) is 4.79 Å². The number of ether oxygens (including phenoxy) is 2. The van der Waals surface area contributed by atoms with Crippen LogP contribution in [0.2, 0.25) is 5.02 Å². The SMILES string of the molecule is O=C1C(C(c2cccc(Cl)c2)N2CCC3(CC2)OCCO3)Sc2nc(-c3ccco3)nn21. The zero-order valence-electron chi connectivity index (χ0n) is 17.1. The summed E-state index contributed by atoms with van der Waals surface area (Å²) in [7, 11) is 0. The van der Waals surface area contributed by atoms with E-state index >= 15 is 0 Å². The van der Waals surface area contributed by atoms with Gasteiger partial charge in [0.15, 0.2) is 16.7 Å². The molecule has 2 aromatic heterocycles. The van der Waals surface area contributed by atoms with Crippen molar-refractivity contribution in [3.8, 4) is 11.6 Å². The molecule has 1 aromatic carbocycles. The van der Waals surface area contributed by atoms with Gasteiger partial charge in [-0.2, -0.15) is 9.67 Å². The Morgan fingerprint density at radius 2 is 1.97 bits per heavy atom. The molecule has 0 bridgehead atoms. The Balaban J connectivity index is 1.30. The molecule has 2 atom stereocenters. The second kappa shape index (κ2) is 8.00. The Morgan fingerprint density at radius 3 is 2.66 bits per heavy atom. The van der Waals surface area contributed by atoms with Gasteiger partial charge in [0.1, 0.15) is 5.25 Å². The molecule has 0 aliphatic carbocycles. The van der Waals surface area contributed by atoms with Gasteiger partial charge < -0.3 is 13.9 Å².